The number of Topliss-reactive ketones (excluding diaryl/α,β-unsaturated/α-hetero) is 1. The summed E-state index contributed by atoms with van der Waals surface area (Å²) in [4.78, 5) is 25.0. The van der Waals surface area contributed by atoms with Gasteiger partial charge in [-0.15, -0.1) is 0 Å². The monoisotopic (exact) mass is 453 g/mol. The average molecular weight is 455 g/mol. The van der Waals surface area contributed by atoms with Gasteiger partial charge in [0.1, 0.15) is 5.75 Å². The highest BCUT2D eigenvalue weighted by molar-refractivity contribution is 9.11. The van der Waals surface area contributed by atoms with E-state index in [-0.39, 0.29) is 12.2 Å². The minimum Gasteiger partial charge on any atom is -0.496 e. The van der Waals surface area contributed by atoms with E-state index in [1.165, 1.54) is 7.11 Å². The number of ketones is 1. The Morgan fingerprint density at radius 3 is 2.71 bits per heavy atom. The summed E-state index contributed by atoms with van der Waals surface area (Å²) in [6.45, 7) is 0. The third-order valence-corrected chi connectivity index (χ3v) is 5.02. The van der Waals surface area contributed by atoms with E-state index in [1.807, 2.05) is 0 Å². The number of amides is 1. The van der Waals surface area contributed by atoms with Crippen molar-refractivity contribution in [2.75, 3.05) is 12.4 Å². The second-order valence-electron chi connectivity index (χ2n) is 5.42. The van der Waals surface area contributed by atoms with Gasteiger partial charge in [0.15, 0.2) is 11.4 Å². The molecule has 0 unspecified atom stereocenters. The van der Waals surface area contributed by atoms with Gasteiger partial charge in [-0.25, -0.2) is 0 Å². The highest BCUT2D eigenvalue weighted by Gasteiger charge is 2.48. The summed E-state index contributed by atoms with van der Waals surface area (Å²) in [6.07, 6.45) is -0.380. The summed E-state index contributed by atoms with van der Waals surface area (Å²) in [5.41, 5.74) is -0.779. The normalized spacial score (nSPS) is 18.9. The fourth-order valence-electron chi connectivity index (χ4n) is 2.74. The van der Waals surface area contributed by atoms with Gasteiger partial charge in [0.05, 0.1) is 24.8 Å². The van der Waals surface area contributed by atoms with Crippen LogP contribution in [0.4, 0.5) is 5.69 Å². The number of carbonyl (C=O) groups is 2. The lowest BCUT2D eigenvalue weighted by molar-refractivity contribution is -0.133. The Morgan fingerprint density at radius 1 is 1.29 bits per heavy atom. The van der Waals surface area contributed by atoms with E-state index in [2.05, 4.69) is 37.2 Å². The van der Waals surface area contributed by atoms with Crippen LogP contribution in [0.25, 0.3) is 0 Å². The van der Waals surface area contributed by atoms with Crippen LogP contribution in [0.1, 0.15) is 22.3 Å². The number of ether oxygens (including phenoxy) is 1. The van der Waals surface area contributed by atoms with Crippen molar-refractivity contribution in [3.63, 3.8) is 0 Å². The predicted octanol–water partition coefficient (Wildman–Crippen LogP) is 3.63. The lowest BCUT2D eigenvalue weighted by Gasteiger charge is -2.21. The molecule has 24 heavy (non-hydrogen) atoms. The molecule has 1 atom stereocenters. The van der Waals surface area contributed by atoms with E-state index in [1.54, 1.807) is 36.4 Å². The quantitative estimate of drug-likeness (QED) is 0.691. The number of nitrogens with one attached hydrogen (secondary N) is 1. The number of anilines is 1. The lowest BCUT2D eigenvalue weighted by atomic mass is 9.88. The second-order valence-corrected chi connectivity index (χ2v) is 7.19. The number of halogens is 2. The first-order valence-electron chi connectivity index (χ1n) is 7.06. The maximum absolute atomic E-state index is 12.7. The first-order valence-corrected chi connectivity index (χ1v) is 8.65. The van der Waals surface area contributed by atoms with Gasteiger partial charge in [0.2, 0.25) is 0 Å². The molecule has 0 spiro atoms. The molecule has 2 aromatic carbocycles. The van der Waals surface area contributed by atoms with Gasteiger partial charge in [-0.1, -0.05) is 28.1 Å². The number of methoxy groups -OCH3 is 1. The van der Waals surface area contributed by atoms with Crippen molar-refractivity contribution in [2.45, 2.75) is 12.0 Å². The molecule has 0 saturated heterocycles. The Labute approximate surface area is 155 Å². The Kier molecular flexibility index (Phi) is 4.50. The van der Waals surface area contributed by atoms with Gasteiger partial charge in [0.25, 0.3) is 5.91 Å². The first kappa shape index (κ1) is 17.1. The van der Waals surface area contributed by atoms with Crippen LogP contribution in [0.2, 0.25) is 0 Å². The van der Waals surface area contributed by atoms with Crippen molar-refractivity contribution in [3.05, 3.63) is 56.5 Å². The molecule has 1 aliphatic heterocycles. The largest absolute Gasteiger partial charge is 0.496 e. The number of rotatable bonds is 4. The van der Waals surface area contributed by atoms with Gasteiger partial charge in [-0.05, 0) is 40.2 Å². The van der Waals surface area contributed by atoms with Gasteiger partial charge in [0, 0.05) is 14.5 Å². The lowest BCUT2D eigenvalue weighted by Crippen LogP contribution is -2.36. The van der Waals surface area contributed by atoms with Crippen molar-refractivity contribution in [1.29, 1.82) is 0 Å². The molecule has 124 valence electrons. The molecule has 7 heteroatoms. The topological polar surface area (TPSA) is 75.6 Å². The fourth-order valence-corrected chi connectivity index (χ4v) is 4.07. The molecule has 0 aromatic heterocycles. The van der Waals surface area contributed by atoms with Gasteiger partial charge >= 0.3 is 0 Å². The smallest absolute Gasteiger partial charge is 0.261 e. The number of para-hydroxylation sites is 1. The number of hydrogen-bond donors (Lipinski definition) is 2. The summed E-state index contributed by atoms with van der Waals surface area (Å²) in [7, 11) is 1.46. The Hall–Kier alpha value is -1.70. The number of aliphatic hydroxyl groups is 1. The van der Waals surface area contributed by atoms with Crippen molar-refractivity contribution in [2.24, 2.45) is 0 Å². The molecule has 1 heterocycles. The third kappa shape index (κ3) is 2.76. The van der Waals surface area contributed by atoms with Crippen molar-refractivity contribution in [3.8, 4) is 5.75 Å². The molecule has 1 amide bonds. The molecule has 5 nitrogen and oxygen atoms in total. The number of carbonyl (C=O) groups excluding carboxylic acids is 2. The third-order valence-electron chi connectivity index (χ3n) is 3.94. The predicted molar refractivity (Wildman–Crippen MR) is 96.3 cm³/mol. The molecule has 2 aromatic rings. The Morgan fingerprint density at radius 2 is 2.00 bits per heavy atom. The molecule has 3 rings (SSSR count). The zero-order valence-corrected chi connectivity index (χ0v) is 15.8. The van der Waals surface area contributed by atoms with Crippen LogP contribution >= 0.6 is 31.9 Å². The van der Waals surface area contributed by atoms with Crippen LogP contribution in [0.15, 0.2) is 45.3 Å². The minimum atomic E-state index is -1.93. The van der Waals surface area contributed by atoms with Crippen LogP contribution in [0.3, 0.4) is 0 Å². The summed E-state index contributed by atoms with van der Waals surface area (Å²) in [5.74, 6) is -0.603. The highest BCUT2D eigenvalue weighted by atomic mass is 79.9. The van der Waals surface area contributed by atoms with E-state index < -0.39 is 11.5 Å². The summed E-state index contributed by atoms with van der Waals surface area (Å²) in [6, 6.07) is 10.1. The minimum absolute atomic E-state index is 0.323. The van der Waals surface area contributed by atoms with E-state index in [9.17, 15) is 14.7 Å². The van der Waals surface area contributed by atoms with Crippen LogP contribution in [-0.4, -0.2) is 23.9 Å². The van der Waals surface area contributed by atoms with Crippen molar-refractivity contribution < 1.29 is 19.4 Å². The zero-order valence-electron chi connectivity index (χ0n) is 12.6. The van der Waals surface area contributed by atoms with E-state index >= 15 is 0 Å². The standard InChI is InChI=1S/C17H13Br2NO4/c1-24-14-5-3-2-4-10(14)13(21)8-17(23)11-6-9(18)7-12(19)15(11)20-16(17)22/h2-7,23H,8H2,1H3,(H,20,22)/t17-/m0/s1. The van der Waals surface area contributed by atoms with Gasteiger partial charge in [-0.3, -0.25) is 9.59 Å². The zero-order chi connectivity index (χ0) is 17.5. The van der Waals surface area contributed by atoms with Crippen LogP contribution in [0.5, 0.6) is 5.75 Å². The molecule has 0 radical (unpaired) electrons. The van der Waals surface area contributed by atoms with E-state index in [0.29, 0.717) is 31.5 Å². The van der Waals surface area contributed by atoms with Gasteiger partial charge < -0.3 is 15.2 Å². The number of fused-ring (bicyclic) bond motifs is 1. The fraction of sp³-hybridized carbons (Fsp3) is 0.176. The molecule has 0 fully saturated rings. The second kappa shape index (κ2) is 6.31. The van der Waals surface area contributed by atoms with E-state index in [4.69, 9.17) is 4.74 Å². The summed E-state index contributed by atoms with van der Waals surface area (Å²) in [5, 5.41) is 13.6. The van der Waals surface area contributed by atoms with E-state index in [0.717, 1.165) is 0 Å². The van der Waals surface area contributed by atoms with Crippen LogP contribution < -0.4 is 10.1 Å². The average Bonchev–Trinajstić information content (AvgIpc) is 2.79. The molecule has 0 aliphatic carbocycles. The maximum atomic E-state index is 12.7. The van der Waals surface area contributed by atoms with Crippen molar-refractivity contribution in [1.82, 2.24) is 0 Å². The molecular weight excluding hydrogens is 442 g/mol. The SMILES string of the molecule is COc1ccccc1C(=O)C[C@@]1(O)C(=O)Nc2c(Br)cc(Br)cc21. The number of hydrogen-bond acceptors (Lipinski definition) is 4. The summed E-state index contributed by atoms with van der Waals surface area (Å²) < 4.78 is 6.49. The summed E-state index contributed by atoms with van der Waals surface area (Å²) >= 11 is 6.69. The van der Waals surface area contributed by atoms with Crippen LogP contribution in [0, 0.1) is 0 Å². The highest BCUT2D eigenvalue weighted by Crippen LogP contribution is 2.44. The number of benzene rings is 2. The first-order chi connectivity index (χ1) is 11.4. The van der Waals surface area contributed by atoms with Gasteiger partial charge in [-0.2, -0.15) is 0 Å². The Bertz CT molecular complexity index is 852. The molecule has 0 bridgehead atoms. The molecule has 2 N–H and O–H groups in total. The molecule has 0 saturated carbocycles. The maximum Gasteiger partial charge on any atom is 0.261 e. The Balaban J connectivity index is 2.01. The van der Waals surface area contributed by atoms with Crippen LogP contribution in [-0.2, 0) is 10.4 Å². The molecular formula is C17H13Br2NO4. The molecule has 1 aliphatic rings. The van der Waals surface area contributed by atoms with Crippen molar-refractivity contribution >= 4 is 49.2 Å².